The highest BCUT2D eigenvalue weighted by Gasteiger charge is 2.10. The van der Waals surface area contributed by atoms with Crippen molar-refractivity contribution < 1.29 is 13.5 Å². The van der Waals surface area contributed by atoms with Gasteiger partial charge in [0.15, 0.2) is 11.6 Å². The van der Waals surface area contributed by atoms with Crippen molar-refractivity contribution >= 4 is 15.9 Å². The predicted octanol–water partition coefficient (Wildman–Crippen LogP) is 3.74. The van der Waals surface area contributed by atoms with Gasteiger partial charge in [-0.1, -0.05) is 29.8 Å². The fourth-order valence-corrected chi connectivity index (χ4v) is 1.82. The highest BCUT2D eigenvalue weighted by Crippen LogP contribution is 2.25. The molecule has 102 valence electrons. The molecule has 0 radical (unpaired) electrons. The van der Waals surface area contributed by atoms with Gasteiger partial charge in [0.2, 0.25) is 5.82 Å². The first-order valence-corrected chi connectivity index (χ1v) is 6.78. The zero-order valence-corrected chi connectivity index (χ0v) is 12.2. The molecule has 18 heavy (non-hydrogen) atoms. The molecule has 0 amide bonds. The van der Waals surface area contributed by atoms with E-state index in [0.717, 1.165) is 25.6 Å². The van der Waals surface area contributed by atoms with E-state index in [-0.39, 0.29) is 5.75 Å². The van der Waals surface area contributed by atoms with Crippen molar-refractivity contribution in [2.24, 2.45) is 5.92 Å². The van der Waals surface area contributed by atoms with E-state index in [1.807, 2.05) is 0 Å². The van der Waals surface area contributed by atoms with Crippen LogP contribution in [0, 0.1) is 17.6 Å². The third-order valence-electron chi connectivity index (χ3n) is 2.27. The zero-order chi connectivity index (χ0) is 13.5. The molecule has 1 N–H and O–H groups in total. The third kappa shape index (κ3) is 5.31. The Morgan fingerprint density at radius 2 is 2.06 bits per heavy atom. The summed E-state index contributed by atoms with van der Waals surface area (Å²) < 4.78 is 32.1. The number of halogens is 3. The zero-order valence-electron chi connectivity index (χ0n) is 10.6. The highest BCUT2D eigenvalue weighted by molar-refractivity contribution is 9.10. The van der Waals surface area contributed by atoms with E-state index in [1.165, 1.54) is 6.07 Å². The second kappa shape index (κ2) is 7.69. The maximum absolute atomic E-state index is 13.3. The van der Waals surface area contributed by atoms with Gasteiger partial charge in [-0.25, -0.2) is 4.39 Å². The molecule has 1 aromatic rings. The van der Waals surface area contributed by atoms with Gasteiger partial charge in [0.05, 0.1) is 6.61 Å². The van der Waals surface area contributed by atoms with E-state index in [0.29, 0.717) is 17.0 Å². The lowest BCUT2D eigenvalue weighted by Gasteiger charge is -2.10. The Labute approximate surface area is 115 Å². The first-order valence-electron chi connectivity index (χ1n) is 5.98. The molecule has 0 heterocycles. The maximum atomic E-state index is 13.3. The normalized spacial score (nSPS) is 11.0. The van der Waals surface area contributed by atoms with Crippen molar-refractivity contribution in [3.05, 3.63) is 28.2 Å². The minimum Gasteiger partial charge on any atom is -0.490 e. The minimum atomic E-state index is -0.937. The number of benzene rings is 1. The first-order chi connectivity index (χ1) is 8.50. The summed E-state index contributed by atoms with van der Waals surface area (Å²) in [7, 11) is 0. The van der Waals surface area contributed by atoms with E-state index >= 15 is 0 Å². The average molecular weight is 322 g/mol. The molecular formula is C13H18BrF2NO. The second-order valence-electron chi connectivity index (χ2n) is 4.50. The van der Waals surface area contributed by atoms with Gasteiger partial charge in [-0.05, 0) is 37.6 Å². The van der Waals surface area contributed by atoms with E-state index in [1.54, 1.807) is 0 Å². The van der Waals surface area contributed by atoms with Gasteiger partial charge in [0.1, 0.15) is 0 Å². The molecule has 0 aromatic heterocycles. The molecule has 1 rings (SSSR count). The maximum Gasteiger partial charge on any atom is 0.200 e. The Hall–Kier alpha value is -0.680. The summed E-state index contributed by atoms with van der Waals surface area (Å²) in [5.41, 5.74) is 0. The lowest BCUT2D eigenvalue weighted by Crippen LogP contribution is -2.22. The molecule has 0 bridgehead atoms. The molecule has 0 aliphatic rings. The first kappa shape index (κ1) is 15.4. The van der Waals surface area contributed by atoms with Gasteiger partial charge in [0, 0.05) is 4.47 Å². The summed E-state index contributed by atoms with van der Waals surface area (Å²) in [5, 5.41) is 3.25. The molecule has 0 unspecified atom stereocenters. The highest BCUT2D eigenvalue weighted by atomic mass is 79.9. The standard InChI is InChI=1S/C13H18BrF2NO/c1-9(2)8-17-4-3-5-18-12-7-10(14)6-11(15)13(12)16/h6-7,9,17H,3-5,8H2,1-2H3. The van der Waals surface area contributed by atoms with Gasteiger partial charge < -0.3 is 10.1 Å². The van der Waals surface area contributed by atoms with Gasteiger partial charge in [0.25, 0.3) is 0 Å². The smallest absolute Gasteiger partial charge is 0.200 e. The number of rotatable bonds is 7. The van der Waals surface area contributed by atoms with Gasteiger partial charge in [-0.3, -0.25) is 0 Å². The fraction of sp³-hybridized carbons (Fsp3) is 0.538. The largest absolute Gasteiger partial charge is 0.490 e. The summed E-state index contributed by atoms with van der Waals surface area (Å²) in [6.07, 6.45) is 0.750. The van der Waals surface area contributed by atoms with E-state index in [4.69, 9.17) is 4.74 Å². The van der Waals surface area contributed by atoms with Crippen molar-refractivity contribution in [3.63, 3.8) is 0 Å². The van der Waals surface area contributed by atoms with Crippen molar-refractivity contribution in [1.82, 2.24) is 5.32 Å². The molecule has 0 fully saturated rings. The monoisotopic (exact) mass is 321 g/mol. The van der Waals surface area contributed by atoms with E-state index < -0.39 is 11.6 Å². The van der Waals surface area contributed by atoms with E-state index in [2.05, 4.69) is 35.1 Å². The van der Waals surface area contributed by atoms with Crippen LogP contribution in [0.15, 0.2) is 16.6 Å². The molecule has 0 spiro atoms. The van der Waals surface area contributed by atoms with Crippen molar-refractivity contribution in [3.8, 4) is 5.75 Å². The lowest BCUT2D eigenvalue weighted by molar-refractivity contribution is 0.287. The molecule has 1 aromatic carbocycles. The molecule has 0 atom stereocenters. The number of ether oxygens (including phenoxy) is 1. The topological polar surface area (TPSA) is 21.3 Å². The van der Waals surface area contributed by atoms with Crippen LogP contribution in [0.1, 0.15) is 20.3 Å². The Bertz CT molecular complexity index is 385. The Morgan fingerprint density at radius 1 is 1.33 bits per heavy atom. The average Bonchev–Trinajstić information content (AvgIpc) is 2.29. The summed E-state index contributed by atoms with van der Waals surface area (Å²) in [5.74, 6) is -1.29. The predicted molar refractivity (Wildman–Crippen MR) is 71.9 cm³/mol. The van der Waals surface area contributed by atoms with Crippen LogP contribution in [0.5, 0.6) is 5.75 Å². The molecule has 5 heteroatoms. The lowest BCUT2D eigenvalue weighted by atomic mass is 10.2. The van der Waals surface area contributed by atoms with Crippen LogP contribution in [-0.4, -0.2) is 19.7 Å². The summed E-state index contributed by atoms with van der Waals surface area (Å²) in [6.45, 7) is 6.36. The van der Waals surface area contributed by atoms with Crippen LogP contribution in [0.25, 0.3) is 0 Å². The third-order valence-corrected chi connectivity index (χ3v) is 2.73. The van der Waals surface area contributed by atoms with Crippen LogP contribution in [0.3, 0.4) is 0 Å². The molecule has 0 aliphatic heterocycles. The van der Waals surface area contributed by atoms with Crippen LogP contribution < -0.4 is 10.1 Å². The Balaban J connectivity index is 2.31. The Morgan fingerprint density at radius 3 is 2.72 bits per heavy atom. The van der Waals surface area contributed by atoms with Gasteiger partial charge in [-0.2, -0.15) is 4.39 Å². The molecular weight excluding hydrogens is 304 g/mol. The van der Waals surface area contributed by atoms with E-state index in [9.17, 15) is 8.78 Å². The van der Waals surface area contributed by atoms with Crippen molar-refractivity contribution in [2.75, 3.05) is 19.7 Å². The van der Waals surface area contributed by atoms with Crippen LogP contribution in [0.2, 0.25) is 0 Å². The summed E-state index contributed by atoms with van der Waals surface area (Å²) in [4.78, 5) is 0. The SMILES string of the molecule is CC(C)CNCCCOc1cc(Br)cc(F)c1F. The summed E-state index contributed by atoms with van der Waals surface area (Å²) in [6, 6.07) is 2.51. The van der Waals surface area contributed by atoms with Crippen molar-refractivity contribution in [2.45, 2.75) is 20.3 Å². The minimum absolute atomic E-state index is 0.0502. The molecule has 0 aliphatic carbocycles. The van der Waals surface area contributed by atoms with Crippen LogP contribution >= 0.6 is 15.9 Å². The molecule has 0 saturated heterocycles. The van der Waals surface area contributed by atoms with Crippen molar-refractivity contribution in [1.29, 1.82) is 0 Å². The molecule has 0 saturated carbocycles. The second-order valence-corrected chi connectivity index (χ2v) is 5.42. The number of hydrogen-bond donors (Lipinski definition) is 1. The number of hydrogen-bond acceptors (Lipinski definition) is 2. The van der Waals surface area contributed by atoms with Crippen LogP contribution in [-0.2, 0) is 0 Å². The Kier molecular flexibility index (Phi) is 6.57. The quantitative estimate of drug-likeness (QED) is 0.610. The number of nitrogens with one attached hydrogen (secondary N) is 1. The van der Waals surface area contributed by atoms with Gasteiger partial charge >= 0.3 is 0 Å². The molecule has 2 nitrogen and oxygen atoms in total. The van der Waals surface area contributed by atoms with Gasteiger partial charge in [-0.15, -0.1) is 0 Å². The summed E-state index contributed by atoms with van der Waals surface area (Å²) >= 11 is 3.10. The van der Waals surface area contributed by atoms with Crippen LogP contribution in [0.4, 0.5) is 8.78 Å². The fourth-order valence-electron chi connectivity index (χ4n) is 1.41.